The second-order valence-electron chi connectivity index (χ2n) is 5.10. The van der Waals surface area contributed by atoms with Crippen LogP contribution >= 0.6 is 0 Å². The van der Waals surface area contributed by atoms with E-state index in [-0.39, 0.29) is 23.2 Å². The molecule has 2 rings (SSSR count). The Balaban J connectivity index is 2.18. The molecule has 0 amide bonds. The van der Waals surface area contributed by atoms with E-state index in [1.165, 1.54) is 24.5 Å². The van der Waals surface area contributed by atoms with E-state index in [1.54, 1.807) is 26.2 Å². The van der Waals surface area contributed by atoms with E-state index in [2.05, 4.69) is 4.72 Å². The van der Waals surface area contributed by atoms with E-state index in [0.717, 1.165) is 6.07 Å². The predicted molar refractivity (Wildman–Crippen MR) is 83.4 cm³/mol. The summed E-state index contributed by atoms with van der Waals surface area (Å²) in [6.07, 6.45) is 1.51. The van der Waals surface area contributed by atoms with Crippen molar-refractivity contribution in [2.45, 2.75) is 10.9 Å². The van der Waals surface area contributed by atoms with Gasteiger partial charge in [-0.1, -0.05) is 6.07 Å². The van der Waals surface area contributed by atoms with Crippen LogP contribution < -0.4 is 4.72 Å². The lowest BCUT2D eigenvalue weighted by Crippen LogP contribution is -2.34. The first-order chi connectivity index (χ1) is 10.8. The fourth-order valence-electron chi connectivity index (χ4n) is 2.05. The Morgan fingerprint density at radius 1 is 1.30 bits per heavy atom. The molecule has 0 bridgehead atoms. The summed E-state index contributed by atoms with van der Waals surface area (Å²) < 4.78 is 32.4. The molecule has 1 aromatic carbocycles. The molecule has 1 N–H and O–H groups in total. The lowest BCUT2D eigenvalue weighted by molar-refractivity contribution is -0.385. The summed E-state index contributed by atoms with van der Waals surface area (Å²) in [4.78, 5) is 11.8. The zero-order valence-corrected chi connectivity index (χ0v) is 13.5. The van der Waals surface area contributed by atoms with Crippen molar-refractivity contribution in [1.29, 1.82) is 0 Å². The van der Waals surface area contributed by atoms with Crippen molar-refractivity contribution in [3.63, 3.8) is 0 Å². The highest BCUT2D eigenvalue weighted by atomic mass is 32.2. The first-order valence-electron chi connectivity index (χ1n) is 6.75. The molecule has 1 heterocycles. The Morgan fingerprint density at radius 3 is 2.61 bits per heavy atom. The minimum atomic E-state index is -3.86. The number of nitro groups is 1. The highest BCUT2D eigenvalue weighted by Gasteiger charge is 2.22. The van der Waals surface area contributed by atoms with Crippen molar-refractivity contribution in [1.82, 2.24) is 9.62 Å². The van der Waals surface area contributed by atoms with Crippen LogP contribution in [0.15, 0.2) is 52.0 Å². The molecule has 2 aromatic rings. The molecule has 0 aliphatic rings. The SMILES string of the molecule is CN(C)C(CNS(=O)(=O)c1cccc([N+](=O)[O-])c1)c1ccco1. The maximum Gasteiger partial charge on any atom is 0.270 e. The number of hydrogen-bond acceptors (Lipinski definition) is 6. The number of non-ortho nitro benzene ring substituents is 1. The van der Waals surface area contributed by atoms with Crippen LogP contribution in [0, 0.1) is 10.1 Å². The van der Waals surface area contributed by atoms with Gasteiger partial charge in [-0.25, -0.2) is 13.1 Å². The molecule has 0 aliphatic carbocycles. The summed E-state index contributed by atoms with van der Waals surface area (Å²) >= 11 is 0. The zero-order valence-electron chi connectivity index (χ0n) is 12.7. The summed E-state index contributed by atoms with van der Waals surface area (Å²) in [7, 11) is -0.258. The topological polar surface area (TPSA) is 106 Å². The molecular weight excluding hydrogens is 322 g/mol. The fraction of sp³-hybridized carbons (Fsp3) is 0.286. The molecule has 0 aliphatic heterocycles. The van der Waals surface area contributed by atoms with Crippen molar-refractivity contribution >= 4 is 15.7 Å². The summed E-state index contributed by atoms with van der Waals surface area (Å²) in [5.41, 5.74) is -0.275. The quantitative estimate of drug-likeness (QED) is 0.609. The smallest absolute Gasteiger partial charge is 0.270 e. The van der Waals surface area contributed by atoms with Crippen LogP contribution in [-0.2, 0) is 10.0 Å². The largest absolute Gasteiger partial charge is 0.468 e. The van der Waals surface area contributed by atoms with Crippen LogP contribution in [0.3, 0.4) is 0 Å². The summed E-state index contributed by atoms with van der Waals surface area (Å²) in [6, 6.07) is 8.10. The highest BCUT2D eigenvalue weighted by molar-refractivity contribution is 7.89. The van der Waals surface area contributed by atoms with Gasteiger partial charge in [0, 0.05) is 18.7 Å². The van der Waals surface area contributed by atoms with E-state index >= 15 is 0 Å². The molecule has 1 atom stereocenters. The number of nitrogens with zero attached hydrogens (tertiary/aromatic N) is 2. The van der Waals surface area contributed by atoms with Crippen LogP contribution in [0.25, 0.3) is 0 Å². The average Bonchev–Trinajstić information content (AvgIpc) is 3.01. The second kappa shape index (κ2) is 6.90. The van der Waals surface area contributed by atoms with Gasteiger partial charge in [-0.3, -0.25) is 15.0 Å². The number of rotatable bonds is 7. The lowest BCUT2D eigenvalue weighted by Gasteiger charge is -2.22. The molecule has 1 aromatic heterocycles. The minimum Gasteiger partial charge on any atom is -0.468 e. The normalized spacial score (nSPS) is 13.2. The van der Waals surface area contributed by atoms with Crippen molar-refractivity contribution < 1.29 is 17.8 Å². The van der Waals surface area contributed by atoms with Gasteiger partial charge in [-0.05, 0) is 32.3 Å². The van der Waals surface area contributed by atoms with Crippen LogP contribution in [0.2, 0.25) is 0 Å². The summed E-state index contributed by atoms with van der Waals surface area (Å²) in [5.74, 6) is 0.622. The molecule has 0 fully saturated rings. The van der Waals surface area contributed by atoms with Gasteiger partial charge < -0.3 is 4.42 Å². The minimum absolute atomic E-state index is 0.0749. The van der Waals surface area contributed by atoms with Crippen LogP contribution in [0.5, 0.6) is 0 Å². The van der Waals surface area contributed by atoms with E-state index in [9.17, 15) is 18.5 Å². The number of furan rings is 1. The highest BCUT2D eigenvalue weighted by Crippen LogP contribution is 2.20. The van der Waals surface area contributed by atoms with E-state index < -0.39 is 14.9 Å². The second-order valence-corrected chi connectivity index (χ2v) is 6.87. The Hall–Kier alpha value is -2.23. The third kappa shape index (κ3) is 4.15. The van der Waals surface area contributed by atoms with Gasteiger partial charge in [0.1, 0.15) is 5.76 Å². The van der Waals surface area contributed by atoms with E-state index in [4.69, 9.17) is 4.42 Å². The number of sulfonamides is 1. The number of nitrogens with one attached hydrogen (secondary N) is 1. The first kappa shape index (κ1) is 17.1. The predicted octanol–water partition coefficient (Wildman–Crippen LogP) is 1.77. The van der Waals surface area contributed by atoms with Gasteiger partial charge in [0.2, 0.25) is 10.0 Å². The maximum atomic E-state index is 12.3. The molecule has 9 heteroatoms. The van der Waals surface area contributed by atoms with Crippen molar-refractivity contribution in [2.24, 2.45) is 0 Å². The summed E-state index contributed by atoms with van der Waals surface area (Å²) in [5, 5.41) is 10.8. The third-order valence-corrected chi connectivity index (χ3v) is 4.72. The van der Waals surface area contributed by atoms with Gasteiger partial charge in [-0.2, -0.15) is 0 Å². The molecule has 8 nitrogen and oxygen atoms in total. The van der Waals surface area contributed by atoms with Crippen LogP contribution in [0.4, 0.5) is 5.69 Å². The Morgan fingerprint density at radius 2 is 2.04 bits per heavy atom. The molecule has 1 unspecified atom stereocenters. The van der Waals surface area contributed by atoms with Crippen molar-refractivity contribution in [3.05, 3.63) is 58.5 Å². The summed E-state index contributed by atoms with van der Waals surface area (Å²) in [6.45, 7) is 0.0749. The number of hydrogen-bond donors (Lipinski definition) is 1. The van der Waals surface area contributed by atoms with Crippen LogP contribution in [0.1, 0.15) is 11.8 Å². The Kier molecular flexibility index (Phi) is 5.14. The first-order valence-corrected chi connectivity index (χ1v) is 8.23. The van der Waals surface area contributed by atoms with Gasteiger partial charge in [0.05, 0.1) is 22.1 Å². The Labute approximate surface area is 133 Å². The van der Waals surface area contributed by atoms with Gasteiger partial charge in [-0.15, -0.1) is 0 Å². The maximum absolute atomic E-state index is 12.3. The molecule has 0 spiro atoms. The number of benzene rings is 1. The zero-order chi connectivity index (χ0) is 17.0. The van der Waals surface area contributed by atoms with Gasteiger partial charge in [0.25, 0.3) is 5.69 Å². The van der Waals surface area contributed by atoms with Crippen molar-refractivity contribution in [2.75, 3.05) is 20.6 Å². The molecule has 0 saturated carbocycles. The third-order valence-electron chi connectivity index (χ3n) is 3.30. The van der Waals surface area contributed by atoms with Crippen LogP contribution in [-0.4, -0.2) is 38.9 Å². The standard InChI is InChI=1S/C14H17N3O5S/c1-16(2)13(14-7-4-8-22-14)10-15-23(20,21)12-6-3-5-11(9-12)17(18)19/h3-9,13,15H,10H2,1-2H3. The number of nitro benzene ring substituents is 1. The van der Waals surface area contributed by atoms with E-state index in [0.29, 0.717) is 5.76 Å². The molecule has 23 heavy (non-hydrogen) atoms. The number of likely N-dealkylation sites (N-methyl/N-ethyl adjacent to an activating group) is 1. The molecular formula is C14H17N3O5S. The van der Waals surface area contributed by atoms with Gasteiger partial charge >= 0.3 is 0 Å². The average molecular weight is 339 g/mol. The Bertz CT molecular complexity index is 771. The molecule has 0 saturated heterocycles. The monoisotopic (exact) mass is 339 g/mol. The van der Waals surface area contributed by atoms with Crippen molar-refractivity contribution in [3.8, 4) is 0 Å². The van der Waals surface area contributed by atoms with E-state index in [1.807, 2.05) is 4.90 Å². The van der Waals surface area contributed by atoms with Gasteiger partial charge in [0.15, 0.2) is 0 Å². The molecule has 124 valence electrons. The molecule has 0 radical (unpaired) electrons. The lowest BCUT2D eigenvalue weighted by atomic mass is 10.2. The fourth-order valence-corrected chi connectivity index (χ4v) is 3.13.